The summed E-state index contributed by atoms with van der Waals surface area (Å²) in [6, 6.07) is 33.4. The average Bonchev–Trinajstić information content (AvgIpc) is 3.68. The zero-order chi connectivity index (χ0) is 39.4. The molecule has 1 spiro atoms. The molecule has 0 fully saturated rings. The lowest BCUT2D eigenvalue weighted by molar-refractivity contribution is 0.0228. The molecular weight excluding hydrogens is 761 g/mol. The van der Waals surface area contributed by atoms with Crippen LogP contribution in [0.3, 0.4) is 0 Å². The Morgan fingerprint density at radius 3 is 1.61 bits per heavy atom. The summed E-state index contributed by atoms with van der Waals surface area (Å²) in [7, 11) is -4.04. The molecule has 12 heteroatoms. The highest BCUT2D eigenvalue weighted by Gasteiger charge is 2.55. The molecule has 0 saturated carbocycles. The fraction of sp³-hybridized carbons (Fsp3) is 0.205. The Balaban J connectivity index is 1.09. The summed E-state index contributed by atoms with van der Waals surface area (Å²) in [4.78, 5) is 39.3. The van der Waals surface area contributed by atoms with E-state index in [2.05, 4.69) is 0 Å². The van der Waals surface area contributed by atoms with Crippen LogP contribution in [0, 0.1) is 0 Å². The second-order valence-corrected chi connectivity index (χ2v) is 25.7. The third-order valence-corrected chi connectivity index (χ3v) is 12.0. The molecule has 0 saturated heterocycles. The molecule has 0 bridgehead atoms. The SMILES string of the molecule is C[Si](C)(C)OC(=O)c1ccc(COc2ccc3c(c2)Oc2cc(OCc4ccc(C(=O)O[Si](C)(C)C)cc4)ccc2C32OC(=O)c3sc4ccccc4c32)cc1. The molecule has 1 aromatic heterocycles. The van der Waals surface area contributed by atoms with E-state index in [1.807, 2.05) is 124 Å². The van der Waals surface area contributed by atoms with Crippen molar-refractivity contribution in [3.8, 4) is 23.0 Å². The van der Waals surface area contributed by atoms with Crippen LogP contribution in [0.2, 0.25) is 39.3 Å². The van der Waals surface area contributed by atoms with Gasteiger partial charge in [0.25, 0.3) is 0 Å². The molecule has 0 unspecified atom stereocenters. The first-order chi connectivity index (χ1) is 26.7. The average molecular weight is 801 g/mol. The van der Waals surface area contributed by atoms with Gasteiger partial charge in [-0.25, -0.2) is 14.4 Å². The van der Waals surface area contributed by atoms with Crippen LogP contribution in [-0.4, -0.2) is 34.5 Å². The minimum absolute atomic E-state index is 0.247. The zero-order valence-electron chi connectivity index (χ0n) is 31.9. The topological polar surface area (TPSA) is 107 Å². The third-order valence-electron chi connectivity index (χ3n) is 9.25. The summed E-state index contributed by atoms with van der Waals surface area (Å²) in [5.74, 6) is 1.02. The van der Waals surface area contributed by atoms with Crippen LogP contribution in [0.1, 0.15) is 58.2 Å². The van der Waals surface area contributed by atoms with E-state index in [1.54, 1.807) is 24.3 Å². The van der Waals surface area contributed by atoms with E-state index in [0.717, 1.165) is 26.8 Å². The fourth-order valence-corrected chi connectivity index (χ4v) is 9.31. The molecule has 5 aromatic carbocycles. The molecule has 8 rings (SSSR count). The minimum Gasteiger partial charge on any atom is -0.516 e. The van der Waals surface area contributed by atoms with Gasteiger partial charge in [-0.05, 0) is 105 Å². The van der Waals surface area contributed by atoms with Crippen molar-refractivity contribution in [2.45, 2.75) is 58.1 Å². The van der Waals surface area contributed by atoms with Gasteiger partial charge >= 0.3 is 17.9 Å². The van der Waals surface area contributed by atoms with Crippen molar-refractivity contribution in [2.24, 2.45) is 0 Å². The number of hydrogen-bond donors (Lipinski definition) is 0. The molecule has 3 heterocycles. The van der Waals surface area contributed by atoms with Gasteiger partial charge in [0.05, 0.1) is 11.1 Å². The van der Waals surface area contributed by atoms with Crippen LogP contribution in [-0.2, 0) is 32.4 Å². The van der Waals surface area contributed by atoms with Crippen LogP contribution in [0.5, 0.6) is 23.0 Å². The molecule has 284 valence electrons. The van der Waals surface area contributed by atoms with Crippen LogP contribution >= 0.6 is 11.3 Å². The van der Waals surface area contributed by atoms with Crippen molar-refractivity contribution in [2.75, 3.05) is 0 Å². The highest BCUT2D eigenvalue weighted by atomic mass is 32.1. The van der Waals surface area contributed by atoms with Crippen LogP contribution < -0.4 is 14.2 Å². The molecule has 0 aliphatic carbocycles. The molecule has 2 aliphatic heterocycles. The number of benzene rings is 5. The van der Waals surface area contributed by atoms with Crippen molar-refractivity contribution in [3.05, 3.63) is 153 Å². The first-order valence-corrected chi connectivity index (χ1v) is 25.9. The summed E-state index contributed by atoms with van der Waals surface area (Å²) < 4.78 is 37.8. The van der Waals surface area contributed by atoms with Gasteiger partial charge < -0.3 is 27.8 Å². The molecule has 0 atom stereocenters. The van der Waals surface area contributed by atoms with E-state index in [4.69, 9.17) is 27.8 Å². The van der Waals surface area contributed by atoms with Gasteiger partial charge in [0.15, 0.2) is 5.60 Å². The monoisotopic (exact) mass is 800 g/mol. The molecule has 56 heavy (non-hydrogen) atoms. The van der Waals surface area contributed by atoms with E-state index in [-0.39, 0.29) is 25.2 Å². The number of fused-ring (bicyclic) bond motifs is 8. The Kier molecular flexibility index (Phi) is 9.38. The maximum Gasteiger partial charge on any atom is 0.350 e. The van der Waals surface area contributed by atoms with Gasteiger partial charge in [0.2, 0.25) is 16.6 Å². The lowest BCUT2D eigenvalue weighted by Crippen LogP contribution is -2.33. The number of thiophene rings is 1. The molecule has 0 amide bonds. The second kappa shape index (κ2) is 14.1. The van der Waals surface area contributed by atoms with Crippen LogP contribution in [0.4, 0.5) is 0 Å². The van der Waals surface area contributed by atoms with Crippen LogP contribution in [0.15, 0.2) is 109 Å². The smallest absolute Gasteiger partial charge is 0.350 e. The first-order valence-electron chi connectivity index (χ1n) is 18.3. The molecule has 9 nitrogen and oxygen atoms in total. The summed E-state index contributed by atoms with van der Waals surface area (Å²) in [6.07, 6.45) is 0. The summed E-state index contributed by atoms with van der Waals surface area (Å²) in [6.45, 7) is 12.3. The van der Waals surface area contributed by atoms with E-state index in [0.29, 0.717) is 50.1 Å². The second-order valence-electron chi connectivity index (χ2n) is 15.8. The predicted octanol–water partition coefficient (Wildman–Crippen LogP) is 10.6. The van der Waals surface area contributed by atoms with Crippen LogP contribution in [0.25, 0.3) is 10.1 Å². The lowest BCUT2D eigenvalue weighted by atomic mass is 9.78. The number of carbonyl (C=O) groups excluding carboxylic acids is 3. The predicted molar refractivity (Wildman–Crippen MR) is 219 cm³/mol. The summed E-state index contributed by atoms with van der Waals surface area (Å²) in [5, 5.41) is 0.937. The van der Waals surface area contributed by atoms with Crippen molar-refractivity contribution in [3.63, 3.8) is 0 Å². The van der Waals surface area contributed by atoms with Crippen molar-refractivity contribution < 1.29 is 42.2 Å². The van der Waals surface area contributed by atoms with Gasteiger partial charge in [-0.3, -0.25) is 0 Å². The van der Waals surface area contributed by atoms with Gasteiger partial charge in [0.1, 0.15) is 41.1 Å². The van der Waals surface area contributed by atoms with E-state index < -0.39 is 28.2 Å². The molecule has 6 aromatic rings. The molecular formula is C44H40O9SSi2. The lowest BCUT2D eigenvalue weighted by Gasteiger charge is -2.36. The number of rotatable bonds is 10. The Bertz CT molecular complexity index is 2390. The van der Waals surface area contributed by atoms with E-state index >= 15 is 0 Å². The Hall–Kier alpha value is -5.70. The molecule has 0 N–H and O–H groups in total. The van der Waals surface area contributed by atoms with E-state index in [1.165, 1.54) is 11.3 Å². The molecule has 0 radical (unpaired) electrons. The largest absolute Gasteiger partial charge is 0.516 e. The Morgan fingerprint density at radius 2 is 1.12 bits per heavy atom. The number of hydrogen-bond acceptors (Lipinski definition) is 10. The maximum atomic E-state index is 13.7. The van der Waals surface area contributed by atoms with Crippen molar-refractivity contribution >= 4 is 56.0 Å². The highest BCUT2D eigenvalue weighted by Crippen LogP contribution is 2.60. The number of ether oxygens (including phenoxy) is 4. The number of carbonyl (C=O) groups is 3. The van der Waals surface area contributed by atoms with Crippen molar-refractivity contribution in [1.82, 2.24) is 0 Å². The van der Waals surface area contributed by atoms with E-state index in [9.17, 15) is 14.4 Å². The minimum atomic E-state index is -2.02. The number of esters is 1. The van der Waals surface area contributed by atoms with Gasteiger partial charge in [-0.1, -0.05) is 42.5 Å². The molecule has 2 aliphatic rings. The van der Waals surface area contributed by atoms with Crippen molar-refractivity contribution in [1.29, 1.82) is 0 Å². The Labute approximate surface area is 331 Å². The summed E-state index contributed by atoms with van der Waals surface area (Å²) in [5.41, 5.74) is 3.61. The third kappa shape index (κ3) is 7.23. The summed E-state index contributed by atoms with van der Waals surface area (Å²) >= 11 is 1.42. The maximum absolute atomic E-state index is 13.7. The fourth-order valence-electron chi connectivity index (χ4n) is 6.83. The quantitative estimate of drug-likeness (QED) is 0.0988. The normalized spacial score (nSPS) is 13.9. The van der Waals surface area contributed by atoms with Gasteiger partial charge in [0, 0.05) is 38.9 Å². The first kappa shape index (κ1) is 37.2. The Morgan fingerprint density at radius 1 is 0.643 bits per heavy atom. The van der Waals surface area contributed by atoms with Gasteiger partial charge in [-0.2, -0.15) is 0 Å². The van der Waals surface area contributed by atoms with Gasteiger partial charge in [-0.15, -0.1) is 11.3 Å². The standard InChI is InChI=1S/C44H40O9SSi2/c1-55(2,3)52-41(45)29-15-11-27(12-16-29)25-48-31-19-21-34-36(23-31)50-37-24-32(49-26-28-13-17-30(18-14-28)42(46)53-56(4,5)6)20-22-35(37)44(34)39-33-9-7-8-10-38(33)54-40(39)43(47)51-44/h7-24H,25-26H2,1-6H3. The zero-order valence-corrected chi connectivity index (χ0v) is 34.7. The highest BCUT2D eigenvalue weighted by molar-refractivity contribution is 7.21.